The van der Waals surface area contributed by atoms with E-state index in [4.69, 9.17) is 25.3 Å². The molecule has 9 aromatic carbocycles. The van der Waals surface area contributed by atoms with Crippen molar-refractivity contribution in [1.29, 1.82) is 0 Å². The Balaban J connectivity index is 1.36. The molecule has 0 saturated carbocycles. The topological polar surface area (TPSA) is 26.3 Å². The lowest BCUT2D eigenvalue weighted by Gasteiger charge is -2.18. The van der Waals surface area contributed by atoms with Crippen molar-refractivity contribution in [3.8, 4) is 55.8 Å². The molecular formula is C52H32O2. The number of fused-ring (bicyclic) bond motifs is 6. The Morgan fingerprint density at radius 3 is 1.57 bits per heavy atom. The average molecular weight is 706 g/mol. The molecule has 2 heterocycles. The van der Waals surface area contributed by atoms with E-state index in [0.717, 1.165) is 5.39 Å². The molecule has 2 aromatic heterocycles. The fraction of sp³-hybridized carbons (Fsp3) is 0. The summed E-state index contributed by atoms with van der Waals surface area (Å²) in [5.74, 6) is 0.111. The van der Waals surface area contributed by atoms with Gasteiger partial charge in [0.25, 0.3) is 0 Å². The third-order valence-electron chi connectivity index (χ3n) is 9.74. The first-order valence-corrected chi connectivity index (χ1v) is 17.0. The maximum Gasteiger partial charge on any atom is 0.143 e. The first-order valence-electron chi connectivity index (χ1n) is 25.5. The van der Waals surface area contributed by atoms with Gasteiger partial charge in [0.2, 0.25) is 0 Å². The molecule has 0 bridgehead atoms. The van der Waals surface area contributed by atoms with Gasteiger partial charge in [-0.2, -0.15) is 0 Å². The summed E-state index contributed by atoms with van der Waals surface area (Å²) in [6.07, 6.45) is 0. The third kappa shape index (κ3) is 4.74. The second-order valence-electron chi connectivity index (χ2n) is 12.7. The predicted molar refractivity (Wildman–Crippen MR) is 226 cm³/mol. The number of rotatable bonds is 5. The molecule has 0 aliphatic heterocycles. The minimum atomic E-state index is -0.728. The number of hydrogen-bond acceptors (Lipinski definition) is 2. The highest BCUT2D eigenvalue weighted by Gasteiger charge is 2.25. The van der Waals surface area contributed by atoms with Crippen LogP contribution in [0.4, 0.5) is 0 Å². The van der Waals surface area contributed by atoms with E-state index in [1.807, 2.05) is 18.2 Å². The van der Waals surface area contributed by atoms with Gasteiger partial charge in [-0.25, -0.2) is 0 Å². The van der Waals surface area contributed by atoms with Crippen LogP contribution in [0.2, 0.25) is 0 Å². The predicted octanol–water partition coefficient (Wildman–Crippen LogP) is 15.0. The first kappa shape index (κ1) is 18.1. The molecule has 0 saturated heterocycles. The van der Waals surface area contributed by atoms with Crippen molar-refractivity contribution >= 4 is 54.5 Å². The molecule has 0 unspecified atom stereocenters. The molecule has 2 heteroatoms. The number of furan rings is 2. The van der Waals surface area contributed by atoms with Crippen molar-refractivity contribution < 1.29 is 32.1 Å². The summed E-state index contributed by atoms with van der Waals surface area (Å²) in [4.78, 5) is 0. The molecule has 0 aliphatic rings. The fourth-order valence-electron chi connectivity index (χ4n) is 7.43. The van der Waals surface area contributed by atoms with Crippen LogP contribution < -0.4 is 0 Å². The summed E-state index contributed by atoms with van der Waals surface area (Å²) in [5, 5.41) is 1.18. The molecule has 0 atom stereocenters. The smallest absolute Gasteiger partial charge is 0.143 e. The van der Waals surface area contributed by atoms with Gasteiger partial charge in [-0.05, 0) is 85.3 Å². The minimum absolute atomic E-state index is 0.0526. The van der Waals surface area contributed by atoms with E-state index in [9.17, 15) is 6.85 Å². The fourth-order valence-corrected chi connectivity index (χ4v) is 7.43. The molecule has 0 N–H and O–H groups in total. The lowest BCUT2D eigenvalue weighted by atomic mass is 9.84. The zero-order valence-electron chi connectivity index (χ0n) is 45.0. The van der Waals surface area contributed by atoms with Gasteiger partial charge in [0.15, 0.2) is 0 Å². The van der Waals surface area contributed by atoms with Gasteiger partial charge in [0, 0.05) is 32.8 Å². The second-order valence-corrected chi connectivity index (χ2v) is 12.7. The van der Waals surface area contributed by atoms with E-state index in [1.165, 1.54) is 18.2 Å². The highest BCUT2D eigenvalue weighted by molar-refractivity contribution is 6.25. The zero-order valence-corrected chi connectivity index (χ0v) is 28.0. The van der Waals surface area contributed by atoms with Crippen molar-refractivity contribution in [1.82, 2.24) is 0 Å². The van der Waals surface area contributed by atoms with Crippen LogP contribution in [0.25, 0.3) is 110 Å². The Bertz CT molecular complexity index is 4090. The van der Waals surface area contributed by atoms with Crippen molar-refractivity contribution in [3.63, 3.8) is 0 Å². The summed E-state index contributed by atoms with van der Waals surface area (Å²) in [6.45, 7) is 0. The van der Waals surface area contributed by atoms with E-state index in [0.29, 0.717) is 27.7 Å². The van der Waals surface area contributed by atoms with Crippen molar-refractivity contribution in [2.24, 2.45) is 0 Å². The summed E-state index contributed by atoms with van der Waals surface area (Å²) >= 11 is 0. The lowest BCUT2D eigenvalue weighted by molar-refractivity contribution is 0.632. The van der Waals surface area contributed by atoms with Gasteiger partial charge in [-0.15, -0.1) is 0 Å². The number of para-hydroxylation sites is 1. The van der Waals surface area contributed by atoms with Gasteiger partial charge in [0.1, 0.15) is 22.5 Å². The monoisotopic (exact) mass is 705 g/mol. The van der Waals surface area contributed by atoms with Crippen LogP contribution in [0, 0.1) is 0 Å². The highest BCUT2D eigenvalue weighted by atomic mass is 16.3. The van der Waals surface area contributed by atoms with Crippen LogP contribution in [0.1, 0.15) is 23.3 Å². The van der Waals surface area contributed by atoms with E-state index in [2.05, 4.69) is 0 Å². The Kier molecular flexibility index (Phi) is 4.09. The quantitative estimate of drug-likeness (QED) is 0.167. The summed E-state index contributed by atoms with van der Waals surface area (Å²) in [6, 6.07) is 14.8. The maximum atomic E-state index is 9.71. The zero-order chi connectivity index (χ0) is 50.4. The molecule has 0 aliphatic carbocycles. The van der Waals surface area contributed by atoms with Gasteiger partial charge < -0.3 is 8.83 Å². The molecule has 11 rings (SSSR count). The van der Waals surface area contributed by atoms with Crippen LogP contribution in [0.15, 0.2) is 203 Å². The van der Waals surface area contributed by atoms with Crippen molar-refractivity contribution in [2.75, 3.05) is 0 Å². The molecule has 2 nitrogen and oxygen atoms in total. The van der Waals surface area contributed by atoms with Crippen LogP contribution in [-0.4, -0.2) is 0 Å². The van der Waals surface area contributed by atoms with E-state index >= 15 is 0 Å². The molecule has 54 heavy (non-hydrogen) atoms. The van der Waals surface area contributed by atoms with Crippen LogP contribution in [-0.2, 0) is 0 Å². The van der Waals surface area contributed by atoms with Crippen LogP contribution in [0.5, 0.6) is 0 Å². The molecule has 252 valence electrons. The van der Waals surface area contributed by atoms with Gasteiger partial charge in [0.05, 0.1) is 23.3 Å². The molecule has 0 amide bonds. The van der Waals surface area contributed by atoms with Crippen molar-refractivity contribution in [2.45, 2.75) is 0 Å². The average Bonchev–Trinajstić information content (AvgIpc) is 3.95. The van der Waals surface area contributed by atoms with Crippen LogP contribution >= 0.6 is 0 Å². The van der Waals surface area contributed by atoms with Gasteiger partial charge in [-0.1, -0.05) is 163 Å². The largest absolute Gasteiger partial charge is 0.456 e. The van der Waals surface area contributed by atoms with E-state index in [-0.39, 0.29) is 71.7 Å². The molecule has 0 spiro atoms. The lowest BCUT2D eigenvalue weighted by Crippen LogP contribution is -1.92. The molecule has 0 radical (unpaired) electrons. The standard InChI is InChI=1S/C52H32O2/c1-3-15-33(16-4-1)37-19-7-8-20-38(37)35-27-29-48-45(31-35)51(52(54-48)34-17-5-2-6-18-34)50-42-24-11-9-22-40(42)49(41-23-10-12-25-43(41)50)36-28-30-47-44(32-36)39-21-13-14-26-46(39)53-47/h1-32H/i1D,3D,4D,7D,8D,9D,10D,11D,12D,15D,16D,19D,20D,22D,23D,24D,25D. The van der Waals surface area contributed by atoms with Gasteiger partial charge >= 0.3 is 0 Å². The first-order chi connectivity index (χ1) is 33.8. The Hall–Kier alpha value is -7.16. The molecule has 11 aromatic rings. The maximum absolute atomic E-state index is 9.71. The normalized spacial score (nSPS) is 16.1. The number of hydrogen-bond donors (Lipinski definition) is 0. The van der Waals surface area contributed by atoms with E-state index in [1.54, 1.807) is 54.6 Å². The Morgan fingerprint density at radius 2 is 0.852 bits per heavy atom. The Labute approximate surface area is 336 Å². The summed E-state index contributed by atoms with van der Waals surface area (Å²) < 4.78 is 166. The summed E-state index contributed by atoms with van der Waals surface area (Å²) in [5.41, 5.74) is 1.17. The molecular weight excluding hydrogens is 657 g/mol. The third-order valence-corrected chi connectivity index (χ3v) is 9.74. The van der Waals surface area contributed by atoms with Crippen molar-refractivity contribution in [3.05, 3.63) is 194 Å². The van der Waals surface area contributed by atoms with E-state index < -0.39 is 108 Å². The minimum Gasteiger partial charge on any atom is -0.456 e. The Morgan fingerprint density at radius 1 is 0.315 bits per heavy atom. The summed E-state index contributed by atoms with van der Waals surface area (Å²) in [7, 11) is 0. The number of benzene rings is 9. The van der Waals surface area contributed by atoms with Crippen LogP contribution in [0.3, 0.4) is 0 Å². The SMILES string of the molecule is [2H]c1c([2H])c([2H])c(-c2c([2H])c([2H])c([2H])c([2H])c2-c2ccc3oc(-c4ccccc4)c(-c4c5c([2H])c([2H])c([2H])c([2H])c5c(-c5ccc6oc7ccccc7c6c5)c5c([2H])c([2H])c([2H])c([2H])c45)c3c2)c([2H])c1[2H]. The molecule has 0 fully saturated rings. The van der Waals surface area contributed by atoms with Gasteiger partial charge in [-0.3, -0.25) is 0 Å². The highest BCUT2D eigenvalue weighted by Crippen LogP contribution is 2.50. The second kappa shape index (κ2) is 12.2.